The van der Waals surface area contributed by atoms with Gasteiger partial charge in [0, 0.05) is 24.7 Å². The molecule has 2 aliphatic heterocycles. The summed E-state index contributed by atoms with van der Waals surface area (Å²) in [4.78, 5) is 2.49. The van der Waals surface area contributed by atoms with Crippen LogP contribution in [0, 0.1) is 0 Å². The Balaban J connectivity index is 1.75. The molecular weight excluding hydrogens is 238 g/mol. The van der Waals surface area contributed by atoms with Crippen molar-refractivity contribution in [2.75, 3.05) is 26.4 Å². The van der Waals surface area contributed by atoms with E-state index in [0.717, 1.165) is 12.8 Å². The summed E-state index contributed by atoms with van der Waals surface area (Å²) in [6.07, 6.45) is 4.92. The summed E-state index contributed by atoms with van der Waals surface area (Å²) in [5, 5.41) is 3.39. The van der Waals surface area contributed by atoms with Crippen molar-refractivity contribution in [3.63, 3.8) is 0 Å². The van der Waals surface area contributed by atoms with Crippen molar-refractivity contribution in [3.05, 3.63) is 0 Å². The maximum Gasteiger partial charge on any atom is 0.212 e. The zero-order valence-corrected chi connectivity index (χ0v) is 11.5. The lowest BCUT2D eigenvalue weighted by molar-refractivity contribution is 0.150. The van der Waals surface area contributed by atoms with Crippen molar-refractivity contribution in [2.45, 2.75) is 43.8 Å². The fourth-order valence-corrected chi connectivity index (χ4v) is 3.67. The average Bonchev–Trinajstić information content (AvgIpc) is 2.53. The van der Waals surface area contributed by atoms with Crippen LogP contribution in [-0.2, 0) is 10.0 Å². The van der Waals surface area contributed by atoms with Gasteiger partial charge in [0.05, 0.1) is 5.75 Å². The zero-order chi connectivity index (χ0) is 12.5. The molecule has 2 fully saturated rings. The first-order chi connectivity index (χ1) is 8.02. The lowest BCUT2D eigenvalue weighted by Crippen LogP contribution is -2.48. The van der Waals surface area contributed by atoms with Gasteiger partial charge in [-0.05, 0) is 39.8 Å². The smallest absolute Gasteiger partial charge is 0.212 e. The molecule has 0 aromatic heterocycles. The molecule has 5 nitrogen and oxygen atoms in total. The highest BCUT2D eigenvalue weighted by atomic mass is 32.2. The highest BCUT2D eigenvalue weighted by Crippen LogP contribution is 2.33. The summed E-state index contributed by atoms with van der Waals surface area (Å²) in [5.74, 6) is 0.172. The predicted octanol–water partition coefficient (Wildman–Crippen LogP) is -0.250. The number of nitrogens with zero attached hydrogens (tertiary/aromatic N) is 1. The van der Waals surface area contributed by atoms with Crippen LogP contribution in [-0.4, -0.2) is 57.8 Å². The summed E-state index contributed by atoms with van der Waals surface area (Å²) in [6, 6.07) is 1.90. The molecule has 2 unspecified atom stereocenters. The minimum Gasteiger partial charge on any atom is -0.313 e. The number of hydrogen-bond donors (Lipinski definition) is 2. The van der Waals surface area contributed by atoms with E-state index in [4.69, 9.17) is 0 Å². The van der Waals surface area contributed by atoms with Gasteiger partial charge in [0.25, 0.3) is 0 Å². The van der Waals surface area contributed by atoms with Crippen LogP contribution in [0.2, 0.25) is 0 Å². The van der Waals surface area contributed by atoms with Crippen molar-refractivity contribution >= 4 is 10.0 Å². The lowest BCUT2D eigenvalue weighted by atomic mass is 9.98. The van der Waals surface area contributed by atoms with E-state index in [2.05, 4.69) is 22.0 Å². The molecule has 0 saturated carbocycles. The van der Waals surface area contributed by atoms with Gasteiger partial charge in [-0.25, -0.2) is 13.1 Å². The Bertz CT molecular complexity index is 344. The number of hydrogen-bond acceptors (Lipinski definition) is 4. The summed E-state index contributed by atoms with van der Waals surface area (Å²) >= 11 is 0. The van der Waals surface area contributed by atoms with Gasteiger partial charge in [-0.2, -0.15) is 0 Å². The Kier molecular flexibility index (Phi) is 4.07. The fraction of sp³-hybridized carbons (Fsp3) is 1.00. The summed E-state index contributed by atoms with van der Waals surface area (Å²) < 4.78 is 24.9. The van der Waals surface area contributed by atoms with Crippen molar-refractivity contribution < 1.29 is 8.42 Å². The molecule has 0 radical (unpaired) electrons. The van der Waals surface area contributed by atoms with Crippen LogP contribution < -0.4 is 10.0 Å². The molecular formula is C11H23N3O2S. The van der Waals surface area contributed by atoms with E-state index < -0.39 is 10.0 Å². The Morgan fingerprint density at radius 1 is 1.24 bits per heavy atom. The molecule has 0 aromatic carbocycles. The second-order valence-electron chi connectivity index (χ2n) is 5.20. The van der Waals surface area contributed by atoms with Crippen LogP contribution in [0.3, 0.4) is 0 Å². The van der Waals surface area contributed by atoms with Gasteiger partial charge >= 0.3 is 0 Å². The fourth-order valence-electron chi connectivity index (χ4n) is 3.08. The molecule has 0 aliphatic carbocycles. The van der Waals surface area contributed by atoms with E-state index in [1.807, 2.05) is 0 Å². The number of rotatable bonds is 5. The van der Waals surface area contributed by atoms with E-state index in [1.54, 1.807) is 0 Å². The molecule has 2 rings (SSSR count). The van der Waals surface area contributed by atoms with Gasteiger partial charge in [0.1, 0.15) is 0 Å². The molecule has 2 atom stereocenters. The minimum atomic E-state index is -3.07. The summed E-state index contributed by atoms with van der Waals surface area (Å²) in [5.41, 5.74) is 0. The molecule has 17 heavy (non-hydrogen) atoms. The van der Waals surface area contributed by atoms with Crippen LogP contribution in [0.25, 0.3) is 0 Å². The van der Waals surface area contributed by atoms with E-state index >= 15 is 0 Å². The SMILES string of the molecule is CNS(=O)(=O)CCNC1CC2CCC(C1)N2C. The Morgan fingerprint density at radius 2 is 1.82 bits per heavy atom. The van der Waals surface area contributed by atoms with Gasteiger partial charge in [0.15, 0.2) is 0 Å². The molecule has 2 aliphatic rings. The third-order valence-corrected chi connectivity index (χ3v) is 5.58. The third kappa shape index (κ3) is 3.19. The van der Waals surface area contributed by atoms with E-state index in [0.29, 0.717) is 24.7 Å². The second kappa shape index (κ2) is 5.22. The van der Waals surface area contributed by atoms with E-state index in [9.17, 15) is 8.42 Å². The Morgan fingerprint density at radius 3 is 2.35 bits per heavy atom. The normalized spacial score (nSPS) is 34.1. The first-order valence-electron chi connectivity index (χ1n) is 6.38. The van der Waals surface area contributed by atoms with Crippen LogP contribution in [0.15, 0.2) is 0 Å². The highest BCUT2D eigenvalue weighted by molar-refractivity contribution is 7.89. The molecule has 0 aromatic rings. The molecule has 2 heterocycles. The van der Waals surface area contributed by atoms with Crippen molar-refractivity contribution in [1.29, 1.82) is 0 Å². The number of piperidine rings is 1. The van der Waals surface area contributed by atoms with Gasteiger partial charge in [-0.1, -0.05) is 0 Å². The largest absolute Gasteiger partial charge is 0.313 e. The first kappa shape index (κ1) is 13.3. The van der Waals surface area contributed by atoms with E-state index in [1.165, 1.54) is 19.9 Å². The van der Waals surface area contributed by atoms with Crippen molar-refractivity contribution in [2.24, 2.45) is 0 Å². The van der Waals surface area contributed by atoms with Gasteiger partial charge in [0.2, 0.25) is 10.0 Å². The highest BCUT2D eigenvalue weighted by Gasteiger charge is 2.38. The standard InChI is InChI=1S/C11H23N3O2S/c1-12-17(15,16)6-5-13-9-7-10-3-4-11(8-9)14(10)2/h9-13H,3-8H2,1-2H3. The summed E-state index contributed by atoms with van der Waals surface area (Å²) in [7, 11) is 0.610. The molecule has 2 bridgehead atoms. The quantitative estimate of drug-likeness (QED) is 0.716. The molecule has 0 spiro atoms. The van der Waals surface area contributed by atoms with Gasteiger partial charge < -0.3 is 10.2 Å². The third-order valence-electron chi connectivity index (χ3n) is 4.21. The average molecular weight is 261 g/mol. The van der Waals surface area contributed by atoms with Crippen LogP contribution in [0.1, 0.15) is 25.7 Å². The molecule has 100 valence electrons. The Hall–Kier alpha value is -0.170. The van der Waals surface area contributed by atoms with Crippen molar-refractivity contribution in [1.82, 2.24) is 14.9 Å². The first-order valence-corrected chi connectivity index (χ1v) is 8.03. The molecule has 0 amide bonds. The van der Waals surface area contributed by atoms with E-state index in [-0.39, 0.29) is 5.75 Å². The minimum absolute atomic E-state index is 0.172. The van der Waals surface area contributed by atoms with Gasteiger partial charge in [-0.3, -0.25) is 0 Å². The second-order valence-corrected chi connectivity index (χ2v) is 7.24. The Labute approximate surface area is 104 Å². The maximum atomic E-state index is 11.3. The predicted molar refractivity (Wildman–Crippen MR) is 68.4 cm³/mol. The monoisotopic (exact) mass is 261 g/mol. The zero-order valence-electron chi connectivity index (χ0n) is 10.6. The van der Waals surface area contributed by atoms with Gasteiger partial charge in [-0.15, -0.1) is 0 Å². The molecule has 6 heteroatoms. The lowest BCUT2D eigenvalue weighted by Gasteiger charge is -2.36. The molecule has 2 saturated heterocycles. The number of sulfonamides is 1. The van der Waals surface area contributed by atoms with Crippen LogP contribution in [0.5, 0.6) is 0 Å². The van der Waals surface area contributed by atoms with Crippen LogP contribution in [0.4, 0.5) is 0 Å². The maximum absolute atomic E-state index is 11.3. The van der Waals surface area contributed by atoms with Crippen LogP contribution >= 0.6 is 0 Å². The van der Waals surface area contributed by atoms with Crippen molar-refractivity contribution in [3.8, 4) is 0 Å². The summed E-state index contributed by atoms with van der Waals surface area (Å²) in [6.45, 7) is 0.553. The molecule has 2 N–H and O–H groups in total. The number of fused-ring (bicyclic) bond motifs is 2. The topological polar surface area (TPSA) is 61.4 Å². The number of nitrogens with one attached hydrogen (secondary N) is 2.